The van der Waals surface area contributed by atoms with Gasteiger partial charge in [-0.05, 0) is 13.8 Å². The molecule has 1 rings (SSSR count). The third-order valence-electron chi connectivity index (χ3n) is 2.53. The van der Waals surface area contributed by atoms with Gasteiger partial charge in [-0.2, -0.15) is 0 Å². The minimum Gasteiger partial charge on any atom is -0.374 e. The average Bonchev–Trinajstić information content (AvgIpc) is 1.91. The molecule has 1 aliphatic heterocycles. The van der Waals surface area contributed by atoms with Crippen LogP contribution in [0.3, 0.4) is 0 Å². The van der Waals surface area contributed by atoms with Gasteiger partial charge in [0.15, 0.2) is 0 Å². The summed E-state index contributed by atoms with van der Waals surface area (Å²) in [4.78, 5) is 0. The lowest BCUT2D eigenvalue weighted by molar-refractivity contribution is -0.212. The molecule has 0 aliphatic carbocycles. The SMILES string of the molecule is CC1OC(C)C1(CCl)CCl. The largest absolute Gasteiger partial charge is 0.374 e. The molecular formula is C7H12Cl2O. The Morgan fingerprint density at radius 1 is 1.20 bits per heavy atom. The summed E-state index contributed by atoms with van der Waals surface area (Å²) in [5, 5.41) is 0. The fourth-order valence-electron chi connectivity index (χ4n) is 1.31. The summed E-state index contributed by atoms with van der Waals surface area (Å²) in [6.07, 6.45) is 0.440. The molecule has 1 fully saturated rings. The van der Waals surface area contributed by atoms with Crippen molar-refractivity contribution >= 4 is 23.2 Å². The predicted molar refractivity (Wildman–Crippen MR) is 43.9 cm³/mol. The number of ether oxygens (including phenoxy) is 1. The molecule has 0 aromatic carbocycles. The molecule has 10 heavy (non-hydrogen) atoms. The van der Waals surface area contributed by atoms with Crippen LogP contribution in [-0.2, 0) is 4.74 Å². The number of rotatable bonds is 2. The minimum absolute atomic E-state index is 0.0309. The zero-order valence-corrected chi connectivity index (χ0v) is 7.74. The van der Waals surface area contributed by atoms with E-state index in [2.05, 4.69) is 0 Å². The van der Waals surface area contributed by atoms with E-state index < -0.39 is 0 Å². The van der Waals surface area contributed by atoms with Crippen molar-refractivity contribution in [3.05, 3.63) is 0 Å². The second kappa shape index (κ2) is 2.88. The summed E-state index contributed by atoms with van der Waals surface area (Å²) in [6.45, 7) is 4.04. The Balaban J connectivity index is 2.61. The highest BCUT2D eigenvalue weighted by atomic mass is 35.5. The summed E-state index contributed by atoms with van der Waals surface area (Å²) in [7, 11) is 0. The van der Waals surface area contributed by atoms with Gasteiger partial charge in [0.25, 0.3) is 0 Å². The maximum atomic E-state index is 5.79. The van der Waals surface area contributed by atoms with Crippen LogP contribution in [0.15, 0.2) is 0 Å². The van der Waals surface area contributed by atoms with Crippen molar-refractivity contribution in [1.82, 2.24) is 0 Å². The van der Waals surface area contributed by atoms with E-state index in [-0.39, 0.29) is 17.6 Å². The van der Waals surface area contributed by atoms with Crippen LogP contribution in [0, 0.1) is 5.41 Å². The fourth-order valence-corrected chi connectivity index (χ4v) is 2.46. The Labute approximate surface area is 71.6 Å². The van der Waals surface area contributed by atoms with Gasteiger partial charge in [-0.1, -0.05) is 0 Å². The number of hydrogen-bond acceptors (Lipinski definition) is 1. The Kier molecular flexibility index (Phi) is 2.49. The molecule has 0 aromatic heterocycles. The lowest BCUT2D eigenvalue weighted by Gasteiger charge is -2.51. The van der Waals surface area contributed by atoms with Crippen LogP contribution < -0.4 is 0 Å². The maximum absolute atomic E-state index is 5.79. The molecular weight excluding hydrogens is 171 g/mol. The number of halogens is 2. The van der Waals surface area contributed by atoms with Crippen molar-refractivity contribution in [3.63, 3.8) is 0 Å². The molecule has 1 heterocycles. The van der Waals surface area contributed by atoms with Gasteiger partial charge in [-0.25, -0.2) is 0 Å². The molecule has 0 aromatic rings. The topological polar surface area (TPSA) is 9.23 Å². The molecule has 0 saturated carbocycles. The summed E-state index contributed by atoms with van der Waals surface area (Å²) in [6, 6.07) is 0. The highest BCUT2D eigenvalue weighted by Gasteiger charge is 2.50. The van der Waals surface area contributed by atoms with Gasteiger partial charge in [0.1, 0.15) is 0 Å². The molecule has 0 amide bonds. The third kappa shape index (κ3) is 0.956. The molecule has 0 radical (unpaired) electrons. The summed E-state index contributed by atoms with van der Waals surface area (Å²) < 4.78 is 5.37. The van der Waals surface area contributed by atoms with Crippen LogP contribution >= 0.6 is 23.2 Å². The first-order valence-electron chi connectivity index (χ1n) is 3.45. The van der Waals surface area contributed by atoms with Crippen LogP contribution in [0.25, 0.3) is 0 Å². The maximum Gasteiger partial charge on any atom is 0.0654 e. The van der Waals surface area contributed by atoms with Crippen molar-refractivity contribution in [2.45, 2.75) is 26.1 Å². The molecule has 2 atom stereocenters. The van der Waals surface area contributed by atoms with Gasteiger partial charge in [0.05, 0.1) is 12.2 Å². The molecule has 0 bridgehead atoms. The van der Waals surface area contributed by atoms with E-state index in [0.717, 1.165) is 0 Å². The van der Waals surface area contributed by atoms with Crippen LogP contribution in [-0.4, -0.2) is 24.0 Å². The number of hydrogen-bond donors (Lipinski definition) is 0. The van der Waals surface area contributed by atoms with Crippen LogP contribution in [0.5, 0.6) is 0 Å². The van der Waals surface area contributed by atoms with Crippen molar-refractivity contribution in [1.29, 1.82) is 0 Å². The van der Waals surface area contributed by atoms with E-state index in [1.165, 1.54) is 0 Å². The first-order valence-corrected chi connectivity index (χ1v) is 4.51. The zero-order valence-electron chi connectivity index (χ0n) is 6.23. The first kappa shape index (κ1) is 8.63. The molecule has 2 unspecified atom stereocenters. The standard InChI is InChI=1S/C7H12Cl2O/c1-5-7(3-8,4-9)6(2)10-5/h5-6H,3-4H2,1-2H3. The third-order valence-corrected chi connectivity index (χ3v) is 3.52. The lowest BCUT2D eigenvalue weighted by Crippen LogP contribution is -2.59. The summed E-state index contributed by atoms with van der Waals surface area (Å²) in [5.41, 5.74) is 0.0309. The molecule has 0 N–H and O–H groups in total. The van der Waals surface area contributed by atoms with Crippen molar-refractivity contribution in [2.24, 2.45) is 5.41 Å². The minimum atomic E-state index is 0.0309. The highest BCUT2D eigenvalue weighted by Crippen LogP contribution is 2.43. The van der Waals surface area contributed by atoms with Gasteiger partial charge >= 0.3 is 0 Å². The van der Waals surface area contributed by atoms with E-state index >= 15 is 0 Å². The van der Waals surface area contributed by atoms with Crippen LogP contribution in [0.2, 0.25) is 0 Å². The Morgan fingerprint density at radius 3 is 1.70 bits per heavy atom. The Morgan fingerprint density at radius 2 is 1.60 bits per heavy atom. The van der Waals surface area contributed by atoms with Gasteiger partial charge < -0.3 is 4.74 Å². The first-order chi connectivity index (χ1) is 4.67. The fraction of sp³-hybridized carbons (Fsp3) is 1.00. The Bertz CT molecular complexity index is 113. The molecule has 1 aliphatic rings. The number of alkyl halides is 2. The van der Waals surface area contributed by atoms with Gasteiger partial charge in [-0.3, -0.25) is 0 Å². The normalized spacial score (nSPS) is 37.2. The van der Waals surface area contributed by atoms with E-state index in [1.54, 1.807) is 0 Å². The average molecular weight is 183 g/mol. The second-order valence-corrected chi connectivity index (χ2v) is 3.46. The molecule has 1 saturated heterocycles. The smallest absolute Gasteiger partial charge is 0.0654 e. The van der Waals surface area contributed by atoms with Crippen molar-refractivity contribution in [3.8, 4) is 0 Å². The predicted octanol–water partition coefficient (Wildman–Crippen LogP) is 2.26. The zero-order chi connectivity index (χ0) is 7.78. The van der Waals surface area contributed by atoms with Gasteiger partial charge in [0.2, 0.25) is 0 Å². The van der Waals surface area contributed by atoms with E-state index in [9.17, 15) is 0 Å². The monoisotopic (exact) mass is 182 g/mol. The summed E-state index contributed by atoms with van der Waals surface area (Å²) >= 11 is 11.6. The molecule has 60 valence electrons. The quantitative estimate of drug-likeness (QED) is 0.596. The van der Waals surface area contributed by atoms with Gasteiger partial charge in [0, 0.05) is 17.2 Å². The van der Waals surface area contributed by atoms with E-state index in [0.29, 0.717) is 11.8 Å². The van der Waals surface area contributed by atoms with Gasteiger partial charge in [-0.15, -0.1) is 23.2 Å². The van der Waals surface area contributed by atoms with Crippen LogP contribution in [0.4, 0.5) is 0 Å². The van der Waals surface area contributed by atoms with Crippen molar-refractivity contribution < 1.29 is 4.74 Å². The summed E-state index contributed by atoms with van der Waals surface area (Å²) in [5.74, 6) is 1.19. The highest BCUT2D eigenvalue weighted by molar-refractivity contribution is 6.21. The lowest BCUT2D eigenvalue weighted by atomic mass is 9.76. The van der Waals surface area contributed by atoms with E-state index in [4.69, 9.17) is 27.9 Å². The van der Waals surface area contributed by atoms with Crippen molar-refractivity contribution in [2.75, 3.05) is 11.8 Å². The molecule has 3 heteroatoms. The van der Waals surface area contributed by atoms with E-state index in [1.807, 2.05) is 13.8 Å². The molecule has 1 nitrogen and oxygen atoms in total. The second-order valence-electron chi connectivity index (χ2n) is 2.92. The van der Waals surface area contributed by atoms with Crippen LogP contribution in [0.1, 0.15) is 13.8 Å². The Hall–Kier alpha value is 0.540. The molecule has 0 spiro atoms.